The Balaban J connectivity index is 2.79. The van der Waals surface area contributed by atoms with Crippen molar-refractivity contribution in [2.75, 3.05) is 6.61 Å². The lowest BCUT2D eigenvalue weighted by molar-refractivity contribution is 0.253. The van der Waals surface area contributed by atoms with E-state index in [1.807, 2.05) is 0 Å². The molecule has 0 radical (unpaired) electrons. The Kier molecular flexibility index (Phi) is 3.05. The number of hydrogen-bond donors (Lipinski definition) is 3. The predicted molar refractivity (Wildman–Crippen MR) is 47.4 cm³/mol. The van der Waals surface area contributed by atoms with Crippen molar-refractivity contribution in [3.63, 3.8) is 0 Å². The fraction of sp³-hybridized carbons (Fsp3) is 0.375. The molecule has 0 unspecified atom stereocenters. The second kappa shape index (κ2) is 4.06. The molecule has 0 aliphatic carbocycles. The molecule has 1 rings (SSSR count). The quantitative estimate of drug-likeness (QED) is 0.554. The number of pyridine rings is 1. The molecule has 0 aromatic carbocycles. The number of aliphatic hydroxyl groups excluding tert-OH is 1. The van der Waals surface area contributed by atoms with Gasteiger partial charge >= 0.3 is 0 Å². The predicted octanol–water partition coefficient (Wildman–Crippen LogP) is -1.13. The van der Waals surface area contributed by atoms with Gasteiger partial charge in [-0.05, 0) is 0 Å². The highest BCUT2D eigenvalue weighted by Crippen LogP contribution is 1.99. The summed E-state index contributed by atoms with van der Waals surface area (Å²) in [7, 11) is 0. The topological polar surface area (TPSA) is 88.5 Å². The molecule has 0 fully saturated rings. The minimum Gasteiger partial charge on any atom is -0.503 e. The molecule has 0 spiro atoms. The zero-order valence-corrected chi connectivity index (χ0v) is 7.05. The van der Waals surface area contributed by atoms with Crippen molar-refractivity contribution in [3.8, 4) is 5.75 Å². The first-order valence-corrected chi connectivity index (χ1v) is 3.89. The number of nitrogens with two attached hydrogens (primary N) is 1. The largest absolute Gasteiger partial charge is 0.503 e. The average Bonchev–Trinajstić information content (AvgIpc) is 2.11. The van der Waals surface area contributed by atoms with Crippen LogP contribution in [0.4, 0.5) is 0 Å². The Morgan fingerprint density at radius 1 is 1.62 bits per heavy atom. The highest BCUT2D eigenvalue weighted by atomic mass is 16.3. The van der Waals surface area contributed by atoms with E-state index in [2.05, 4.69) is 0 Å². The molecule has 1 aromatic rings. The summed E-state index contributed by atoms with van der Waals surface area (Å²) in [5.41, 5.74) is 5.04. The molecule has 1 aromatic heterocycles. The SMILES string of the molecule is N[C@H](CO)Cn1ccc(=O)c(O)c1. The molecular weight excluding hydrogens is 172 g/mol. The third-order valence-electron chi connectivity index (χ3n) is 1.64. The van der Waals surface area contributed by atoms with Gasteiger partial charge in [-0.3, -0.25) is 4.79 Å². The van der Waals surface area contributed by atoms with Crippen LogP contribution in [0.3, 0.4) is 0 Å². The number of rotatable bonds is 3. The van der Waals surface area contributed by atoms with Crippen LogP contribution in [0, 0.1) is 0 Å². The van der Waals surface area contributed by atoms with E-state index in [4.69, 9.17) is 15.9 Å². The molecule has 0 saturated carbocycles. The van der Waals surface area contributed by atoms with Gasteiger partial charge in [-0.2, -0.15) is 0 Å². The summed E-state index contributed by atoms with van der Waals surface area (Å²) in [6.45, 7) is 0.233. The lowest BCUT2D eigenvalue weighted by atomic mass is 10.3. The number of hydrogen-bond acceptors (Lipinski definition) is 4. The third kappa shape index (κ3) is 2.57. The maximum Gasteiger partial charge on any atom is 0.223 e. The van der Waals surface area contributed by atoms with Crippen LogP contribution >= 0.6 is 0 Å². The molecule has 72 valence electrons. The molecule has 5 nitrogen and oxygen atoms in total. The third-order valence-corrected chi connectivity index (χ3v) is 1.64. The first-order chi connectivity index (χ1) is 6.13. The van der Waals surface area contributed by atoms with E-state index in [1.54, 1.807) is 4.57 Å². The first-order valence-electron chi connectivity index (χ1n) is 3.89. The molecule has 13 heavy (non-hydrogen) atoms. The molecule has 5 heteroatoms. The summed E-state index contributed by atoms with van der Waals surface area (Å²) in [5.74, 6) is -0.312. The van der Waals surface area contributed by atoms with Crippen molar-refractivity contribution >= 4 is 0 Å². The molecule has 0 saturated heterocycles. The van der Waals surface area contributed by atoms with Gasteiger partial charge in [0.2, 0.25) is 5.43 Å². The lowest BCUT2D eigenvalue weighted by Crippen LogP contribution is -2.29. The molecular formula is C8H12N2O3. The van der Waals surface area contributed by atoms with E-state index in [9.17, 15) is 4.79 Å². The van der Waals surface area contributed by atoms with Crippen LogP contribution in [0.25, 0.3) is 0 Å². The highest BCUT2D eigenvalue weighted by molar-refractivity contribution is 5.14. The van der Waals surface area contributed by atoms with Gasteiger partial charge in [0.25, 0.3) is 0 Å². The fourth-order valence-electron chi connectivity index (χ4n) is 0.955. The van der Waals surface area contributed by atoms with Crippen molar-refractivity contribution in [2.24, 2.45) is 5.73 Å². The number of nitrogens with zero attached hydrogens (tertiary/aromatic N) is 1. The molecule has 4 N–H and O–H groups in total. The van der Waals surface area contributed by atoms with E-state index in [0.29, 0.717) is 6.54 Å². The van der Waals surface area contributed by atoms with Gasteiger partial charge < -0.3 is 20.5 Å². The van der Waals surface area contributed by atoms with E-state index in [-0.39, 0.29) is 18.4 Å². The summed E-state index contributed by atoms with van der Waals surface area (Å²) in [6.07, 6.45) is 2.80. The van der Waals surface area contributed by atoms with E-state index in [0.717, 1.165) is 0 Å². The average molecular weight is 184 g/mol. The fourth-order valence-corrected chi connectivity index (χ4v) is 0.955. The van der Waals surface area contributed by atoms with Crippen LogP contribution in [-0.2, 0) is 6.54 Å². The van der Waals surface area contributed by atoms with Crippen molar-refractivity contribution < 1.29 is 10.2 Å². The number of aromatic hydroxyl groups is 1. The van der Waals surface area contributed by atoms with E-state index in [1.165, 1.54) is 18.5 Å². The normalized spacial score (nSPS) is 12.8. The summed E-state index contributed by atoms with van der Waals surface area (Å²) in [6, 6.07) is 0.862. The Morgan fingerprint density at radius 3 is 2.85 bits per heavy atom. The Bertz CT molecular complexity index is 334. The summed E-state index contributed by atoms with van der Waals surface area (Å²) in [4.78, 5) is 10.8. The van der Waals surface area contributed by atoms with Gasteiger partial charge in [0.15, 0.2) is 5.75 Å². The number of aliphatic hydroxyl groups is 1. The Hall–Kier alpha value is -1.33. The minimum atomic E-state index is -0.422. The monoisotopic (exact) mass is 184 g/mol. The van der Waals surface area contributed by atoms with Crippen LogP contribution in [0.5, 0.6) is 5.75 Å². The standard InChI is InChI=1S/C8H12N2O3/c9-6(5-11)3-10-2-1-7(12)8(13)4-10/h1-2,4,6,11,13H,3,5,9H2/t6-/m0/s1. The summed E-state index contributed by atoms with van der Waals surface area (Å²) >= 11 is 0. The molecule has 1 atom stereocenters. The summed E-state index contributed by atoms with van der Waals surface area (Å²) < 4.78 is 1.55. The van der Waals surface area contributed by atoms with Gasteiger partial charge in [0.05, 0.1) is 6.61 Å². The van der Waals surface area contributed by atoms with Crippen LogP contribution in [0.2, 0.25) is 0 Å². The van der Waals surface area contributed by atoms with Gasteiger partial charge in [0, 0.05) is 31.0 Å². The first kappa shape index (κ1) is 9.76. The van der Waals surface area contributed by atoms with Gasteiger partial charge in [-0.15, -0.1) is 0 Å². The summed E-state index contributed by atoms with van der Waals surface area (Å²) in [5, 5.41) is 17.7. The zero-order chi connectivity index (χ0) is 9.84. The van der Waals surface area contributed by atoms with Crippen molar-refractivity contribution in [1.29, 1.82) is 0 Å². The maximum absolute atomic E-state index is 10.8. The molecule has 1 heterocycles. The minimum absolute atomic E-state index is 0.132. The van der Waals surface area contributed by atoms with Crippen LogP contribution < -0.4 is 11.2 Å². The van der Waals surface area contributed by atoms with Gasteiger partial charge in [-0.25, -0.2) is 0 Å². The van der Waals surface area contributed by atoms with Gasteiger partial charge in [0.1, 0.15) is 0 Å². The molecule has 0 aliphatic rings. The van der Waals surface area contributed by atoms with Crippen molar-refractivity contribution in [3.05, 3.63) is 28.7 Å². The lowest BCUT2D eigenvalue weighted by Gasteiger charge is -2.10. The van der Waals surface area contributed by atoms with Gasteiger partial charge in [-0.1, -0.05) is 0 Å². The molecule has 0 bridgehead atoms. The second-order valence-corrected chi connectivity index (χ2v) is 2.83. The van der Waals surface area contributed by atoms with Crippen LogP contribution in [-0.4, -0.2) is 27.4 Å². The maximum atomic E-state index is 10.8. The van der Waals surface area contributed by atoms with E-state index >= 15 is 0 Å². The number of aromatic nitrogens is 1. The van der Waals surface area contributed by atoms with Crippen LogP contribution in [0.15, 0.2) is 23.3 Å². The van der Waals surface area contributed by atoms with E-state index < -0.39 is 5.43 Å². The molecule has 0 aliphatic heterocycles. The molecule has 0 amide bonds. The second-order valence-electron chi connectivity index (χ2n) is 2.83. The van der Waals surface area contributed by atoms with Crippen molar-refractivity contribution in [2.45, 2.75) is 12.6 Å². The smallest absolute Gasteiger partial charge is 0.223 e. The Labute approximate surface area is 75.0 Å². The highest BCUT2D eigenvalue weighted by Gasteiger charge is 2.02. The van der Waals surface area contributed by atoms with Crippen LogP contribution in [0.1, 0.15) is 0 Å². The Morgan fingerprint density at radius 2 is 2.31 bits per heavy atom. The van der Waals surface area contributed by atoms with Crippen molar-refractivity contribution in [1.82, 2.24) is 4.57 Å². The zero-order valence-electron chi connectivity index (χ0n) is 7.05.